The van der Waals surface area contributed by atoms with Crippen molar-refractivity contribution in [3.05, 3.63) is 39.9 Å². The van der Waals surface area contributed by atoms with E-state index in [1.54, 1.807) is 23.1 Å². The summed E-state index contributed by atoms with van der Waals surface area (Å²) in [4.78, 5) is 47.6. The highest BCUT2D eigenvalue weighted by atomic mass is 16.6. The van der Waals surface area contributed by atoms with Gasteiger partial charge in [0.1, 0.15) is 5.82 Å². The fourth-order valence-corrected chi connectivity index (χ4v) is 3.36. The molecular formula is C21H28N4O5. The van der Waals surface area contributed by atoms with Gasteiger partial charge >= 0.3 is 12.1 Å². The number of fused-ring (bicyclic) bond motifs is 1. The van der Waals surface area contributed by atoms with E-state index in [9.17, 15) is 14.4 Å². The number of amides is 1. The number of esters is 1. The maximum Gasteiger partial charge on any atom is 0.409 e. The standard InChI is InChI=1S/C21H28N4O5/c1-14(2)13-30-21(28)25-8-4-7-24(9-10-25)12-18-22-17-11-15(20(27)29-3)5-6-16(17)19(26)23-18/h5-6,11,14H,4,7-10,12-13H2,1-3H3,(H,22,23,26). The van der Waals surface area contributed by atoms with Gasteiger partial charge in [0.05, 0.1) is 36.7 Å². The fraction of sp³-hybridized carbons (Fsp3) is 0.524. The highest BCUT2D eigenvalue weighted by molar-refractivity contribution is 5.93. The molecule has 3 rings (SSSR count). The lowest BCUT2D eigenvalue weighted by Crippen LogP contribution is -2.36. The summed E-state index contributed by atoms with van der Waals surface area (Å²) in [6.45, 7) is 7.49. The van der Waals surface area contributed by atoms with E-state index in [1.165, 1.54) is 7.11 Å². The first-order valence-corrected chi connectivity index (χ1v) is 10.1. The van der Waals surface area contributed by atoms with Gasteiger partial charge in [0, 0.05) is 26.2 Å². The Labute approximate surface area is 175 Å². The van der Waals surface area contributed by atoms with Crippen LogP contribution in [0.2, 0.25) is 0 Å². The molecule has 1 aliphatic heterocycles. The normalized spacial score (nSPS) is 15.3. The summed E-state index contributed by atoms with van der Waals surface area (Å²) in [7, 11) is 1.31. The molecule has 0 unspecified atom stereocenters. The van der Waals surface area contributed by atoms with Crippen LogP contribution in [0.5, 0.6) is 0 Å². The summed E-state index contributed by atoms with van der Waals surface area (Å²) >= 11 is 0. The highest BCUT2D eigenvalue weighted by Gasteiger charge is 2.21. The lowest BCUT2D eigenvalue weighted by molar-refractivity contribution is 0.0600. The van der Waals surface area contributed by atoms with Gasteiger partial charge in [-0.1, -0.05) is 13.8 Å². The molecule has 9 heteroatoms. The van der Waals surface area contributed by atoms with E-state index in [1.807, 2.05) is 13.8 Å². The number of aromatic amines is 1. The molecular weight excluding hydrogens is 388 g/mol. The van der Waals surface area contributed by atoms with Crippen LogP contribution < -0.4 is 5.56 Å². The molecule has 0 aliphatic carbocycles. The molecule has 1 aliphatic rings. The van der Waals surface area contributed by atoms with E-state index in [4.69, 9.17) is 9.47 Å². The van der Waals surface area contributed by atoms with Gasteiger partial charge in [-0.15, -0.1) is 0 Å². The zero-order chi connectivity index (χ0) is 21.7. The number of carbonyl (C=O) groups excluding carboxylic acids is 2. The van der Waals surface area contributed by atoms with Crippen molar-refractivity contribution in [1.29, 1.82) is 0 Å². The predicted octanol–water partition coefficient (Wildman–Crippen LogP) is 2.01. The van der Waals surface area contributed by atoms with Gasteiger partial charge in [0.15, 0.2) is 0 Å². The minimum Gasteiger partial charge on any atom is -0.465 e. The number of aromatic nitrogens is 2. The average molecular weight is 416 g/mol. The van der Waals surface area contributed by atoms with E-state index < -0.39 is 5.97 Å². The zero-order valence-corrected chi connectivity index (χ0v) is 17.6. The smallest absolute Gasteiger partial charge is 0.409 e. The second-order valence-electron chi connectivity index (χ2n) is 7.82. The number of nitrogens with zero attached hydrogens (tertiary/aromatic N) is 3. The Hall–Kier alpha value is -2.94. The van der Waals surface area contributed by atoms with Gasteiger partial charge in [0.2, 0.25) is 0 Å². The maximum atomic E-state index is 12.4. The second-order valence-corrected chi connectivity index (χ2v) is 7.82. The number of carbonyl (C=O) groups is 2. The Morgan fingerprint density at radius 2 is 2.00 bits per heavy atom. The van der Waals surface area contributed by atoms with Gasteiger partial charge in [0.25, 0.3) is 5.56 Å². The third kappa shape index (κ3) is 5.35. The van der Waals surface area contributed by atoms with Gasteiger partial charge in [-0.25, -0.2) is 14.6 Å². The molecule has 1 aromatic carbocycles. The lowest BCUT2D eigenvalue weighted by atomic mass is 10.1. The molecule has 30 heavy (non-hydrogen) atoms. The number of hydrogen-bond donors (Lipinski definition) is 1. The number of hydrogen-bond acceptors (Lipinski definition) is 7. The topological polar surface area (TPSA) is 105 Å². The van der Waals surface area contributed by atoms with Crippen molar-refractivity contribution < 1.29 is 19.1 Å². The second kappa shape index (κ2) is 9.71. The Kier molecular flexibility index (Phi) is 7.04. The van der Waals surface area contributed by atoms with Crippen molar-refractivity contribution in [1.82, 2.24) is 19.8 Å². The van der Waals surface area contributed by atoms with Gasteiger partial charge in [-0.2, -0.15) is 0 Å². The minimum atomic E-state index is -0.475. The molecule has 0 bridgehead atoms. The molecule has 9 nitrogen and oxygen atoms in total. The van der Waals surface area contributed by atoms with Crippen molar-refractivity contribution in [2.24, 2.45) is 5.92 Å². The molecule has 162 valence electrons. The Morgan fingerprint density at radius 3 is 2.73 bits per heavy atom. The first kappa shape index (κ1) is 21.8. The van der Waals surface area contributed by atoms with Crippen molar-refractivity contribution >= 4 is 23.0 Å². The van der Waals surface area contributed by atoms with E-state index >= 15 is 0 Å². The summed E-state index contributed by atoms with van der Waals surface area (Å²) in [6.07, 6.45) is 0.527. The van der Waals surface area contributed by atoms with Crippen LogP contribution in [0.15, 0.2) is 23.0 Å². The molecule has 0 radical (unpaired) electrons. The molecule has 1 N–H and O–H groups in total. The summed E-state index contributed by atoms with van der Waals surface area (Å²) in [6, 6.07) is 4.69. The number of benzene rings is 1. The van der Waals surface area contributed by atoms with E-state index in [-0.39, 0.29) is 11.7 Å². The van der Waals surface area contributed by atoms with Crippen LogP contribution >= 0.6 is 0 Å². The Balaban J connectivity index is 1.69. The first-order valence-electron chi connectivity index (χ1n) is 10.1. The third-order valence-electron chi connectivity index (χ3n) is 4.94. The summed E-state index contributed by atoms with van der Waals surface area (Å²) in [5, 5.41) is 0.418. The number of methoxy groups -OCH3 is 1. The summed E-state index contributed by atoms with van der Waals surface area (Å²) < 4.78 is 10.1. The lowest BCUT2D eigenvalue weighted by Gasteiger charge is -2.21. The SMILES string of the molecule is COC(=O)c1ccc2c(=O)[nH]c(CN3CCCN(C(=O)OCC(C)C)CC3)nc2c1. The van der Waals surface area contributed by atoms with Gasteiger partial charge < -0.3 is 19.4 Å². The number of nitrogens with one attached hydrogen (secondary N) is 1. The van der Waals surface area contributed by atoms with Crippen LogP contribution in [0.4, 0.5) is 4.79 Å². The average Bonchev–Trinajstić information content (AvgIpc) is 2.96. The highest BCUT2D eigenvalue weighted by Crippen LogP contribution is 2.13. The molecule has 0 spiro atoms. The van der Waals surface area contributed by atoms with E-state index in [0.29, 0.717) is 61.0 Å². The van der Waals surface area contributed by atoms with Crippen LogP contribution in [0, 0.1) is 5.92 Å². The predicted molar refractivity (Wildman–Crippen MR) is 111 cm³/mol. The molecule has 0 atom stereocenters. The Morgan fingerprint density at radius 1 is 1.20 bits per heavy atom. The maximum absolute atomic E-state index is 12.4. The Bertz CT molecular complexity index is 972. The van der Waals surface area contributed by atoms with Crippen LogP contribution in [0.3, 0.4) is 0 Å². The number of ether oxygens (including phenoxy) is 2. The van der Waals surface area contributed by atoms with Crippen molar-refractivity contribution in [3.8, 4) is 0 Å². The van der Waals surface area contributed by atoms with E-state index in [2.05, 4.69) is 14.9 Å². The summed E-state index contributed by atoms with van der Waals surface area (Å²) in [5.41, 5.74) is 0.546. The minimum absolute atomic E-state index is 0.250. The molecule has 2 aromatic rings. The van der Waals surface area contributed by atoms with Crippen LogP contribution in [0.25, 0.3) is 10.9 Å². The quantitative estimate of drug-likeness (QED) is 0.744. The molecule has 1 fully saturated rings. The van der Waals surface area contributed by atoms with Gasteiger partial charge in [-0.3, -0.25) is 9.69 Å². The number of H-pyrrole nitrogens is 1. The van der Waals surface area contributed by atoms with Crippen LogP contribution in [-0.2, 0) is 16.0 Å². The monoisotopic (exact) mass is 416 g/mol. The van der Waals surface area contributed by atoms with Gasteiger partial charge in [-0.05, 0) is 30.5 Å². The van der Waals surface area contributed by atoms with Crippen molar-refractivity contribution in [2.45, 2.75) is 26.8 Å². The third-order valence-corrected chi connectivity index (χ3v) is 4.94. The molecule has 1 amide bonds. The van der Waals surface area contributed by atoms with Crippen molar-refractivity contribution in [3.63, 3.8) is 0 Å². The van der Waals surface area contributed by atoms with Crippen molar-refractivity contribution in [2.75, 3.05) is 39.9 Å². The first-order chi connectivity index (χ1) is 14.4. The van der Waals surface area contributed by atoms with Crippen LogP contribution in [0.1, 0.15) is 36.5 Å². The largest absolute Gasteiger partial charge is 0.465 e. The van der Waals surface area contributed by atoms with E-state index in [0.717, 1.165) is 13.0 Å². The van der Waals surface area contributed by atoms with Crippen LogP contribution in [-0.4, -0.2) is 71.7 Å². The molecule has 1 aromatic heterocycles. The summed E-state index contributed by atoms with van der Waals surface area (Å²) in [5.74, 6) is 0.343. The molecule has 1 saturated heterocycles. The zero-order valence-electron chi connectivity index (χ0n) is 17.6. The fourth-order valence-electron chi connectivity index (χ4n) is 3.36. The number of rotatable bonds is 5. The molecule has 0 saturated carbocycles. The molecule has 2 heterocycles.